The van der Waals surface area contributed by atoms with Gasteiger partial charge in [0.15, 0.2) is 0 Å². The van der Waals surface area contributed by atoms with E-state index in [1.165, 1.54) is 5.56 Å². The van der Waals surface area contributed by atoms with Crippen LogP contribution in [0.15, 0.2) is 59.5 Å². The Labute approximate surface area is 131 Å². The molecular weight excluding hydrogens is 326 g/mol. The quantitative estimate of drug-likeness (QED) is 0.574. The molecule has 0 aliphatic heterocycles. The fourth-order valence-corrected chi connectivity index (χ4v) is 4.06. The normalized spacial score (nSPS) is 10.8. The van der Waals surface area contributed by atoms with Gasteiger partial charge in [0, 0.05) is 0 Å². The van der Waals surface area contributed by atoms with Crippen molar-refractivity contribution in [3.63, 3.8) is 0 Å². The standard InChI is InChI=1S/C19H17FSe/c1-2-4-14-6-8-15(9-7-14)16-10-11-17(18(20)13-16)19-5-3-12-21-19/h3,5-13H,2,4H2,1H3. The van der Waals surface area contributed by atoms with E-state index in [4.69, 9.17) is 0 Å². The molecule has 0 aliphatic rings. The fourth-order valence-electron chi connectivity index (χ4n) is 2.48. The van der Waals surface area contributed by atoms with Crippen LogP contribution in [0.2, 0.25) is 0 Å². The van der Waals surface area contributed by atoms with Gasteiger partial charge in [-0.25, -0.2) is 0 Å². The zero-order valence-corrected chi connectivity index (χ0v) is 13.7. The third kappa shape index (κ3) is 3.18. The predicted octanol–water partition coefficient (Wildman–Crippen LogP) is 5.17. The van der Waals surface area contributed by atoms with Gasteiger partial charge in [-0.2, -0.15) is 0 Å². The molecule has 3 rings (SSSR count). The van der Waals surface area contributed by atoms with Crippen LogP contribution >= 0.6 is 0 Å². The summed E-state index contributed by atoms with van der Waals surface area (Å²) in [5.74, 6) is -0.123. The van der Waals surface area contributed by atoms with E-state index in [2.05, 4.69) is 36.1 Å². The van der Waals surface area contributed by atoms with Crippen LogP contribution in [0, 0.1) is 5.82 Å². The second kappa shape index (κ2) is 6.43. The van der Waals surface area contributed by atoms with Crippen LogP contribution in [0.3, 0.4) is 0 Å². The average molecular weight is 343 g/mol. The van der Waals surface area contributed by atoms with Crippen molar-refractivity contribution in [3.05, 3.63) is 70.9 Å². The molecule has 0 bridgehead atoms. The SMILES string of the molecule is CCCc1ccc(-c2ccc(-c3ccc[se]3)c(F)c2)cc1. The summed E-state index contributed by atoms with van der Waals surface area (Å²) in [6, 6.07) is 18.0. The van der Waals surface area contributed by atoms with Gasteiger partial charge in [0.2, 0.25) is 0 Å². The minimum atomic E-state index is -0.123. The molecule has 0 fully saturated rings. The third-order valence-electron chi connectivity index (χ3n) is 3.58. The third-order valence-corrected chi connectivity index (χ3v) is 5.48. The summed E-state index contributed by atoms with van der Waals surface area (Å²) in [7, 11) is 0. The Bertz CT molecular complexity index is 712. The van der Waals surface area contributed by atoms with Gasteiger partial charge in [0.1, 0.15) is 0 Å². The van der Waals surface area contributed by atoms with E-state index in [-0.39, 0.29) is 20.3 Å². The molecule has 2 heteroatoms. The first-order valence-electron chi connectivity index (χ1n) is 7.20. The summed E-state index contributed by atoms with van der Waals surface area (Å²) >= 11 is 0.268. The van der Waals surface area contributed by atoms with E-state index >= 15 is 0 Å². The predicted molar refractivity (Wildman–Crippen MR) is 88.2 cm³/mol. The van der Waals surface area contributed by atoms with Crippen LogP contribution in [0.5, 0.6) is 0 Å². The van der Waals surface area contributed by atoms with E-state index in [1.807, 2.05) is 24.3 Å². The van der Waals surface area contributed by atoms with Crippen LogP contribution in [0.1, 0.15) is 18.9 Å². The number of hydrogen-bond donors (Lipinski definition) is 0. The molecule has 0 aliphatic carbocycles. The maximum absolute atomic E-state index is 14.3. The number of hydrogen-bond acceptors (Lipinski definition) is 0. The molecule has 1 aromatic heterocycles. The molecule has 0 spiro atoms. The van der Waals surface area contributed by atoms with Gasteiger partial charge in [-0.3, -0.25) is 0 Å². The Hall–Kier alpha value is -1.63. The molecule has 1 heterocycles. The average Bonchev–Trinajstić information content (AvgIpc) is 3.02. The Morgan fingerprint density at radius 1 is 0.952 bits per heavy atom. The van der Waals surface area contributed by atoms with Crippen LogP contribution in [0.25, 0.3) is 21.1 Å². The number of benzene rings is 2. The van der Waals surface area contributed by atoms with Crippen molar-refractivity contribution in [2.24, 2.45) is 0 Å². The van der Waals surface area contributed by atoms with E-state index < -0.39 is 0 Å². The molecule has 0 unspecified atom stereocenters. The summed E-state index contributed by atoms with van der Waals surface area (Å²) in [4.78, 5) is 2.11. The van der Waals surface area contributed by atoms with Gasteiger partial charge in [-0.05, 0) is 0 Å². The molecule has 21 heavy (non-hydrogen) atoms. The number of rotatable bonds is 4. The Kier molecular flexibility index (Phi) is 4.38. The number of halogens is 1. The van der Waals surface area contributed by atoms with Gasteiger partial charge >= 0.3 is 131 Å². The number of aryl methyl sites for hydroxylation is 1. The Morgan fingerprint density at radius 3 is 2.33 bits per heavy atom. The molecule has 0 saturated heterocycles. The molecule has 0 N–H and O–H groups in total. The zero-order chi connectivity index (χ0) is 14.7. The topological polar surface area (TPSA) is 0 Å². The molecule has 106 valence electrons. The Morgan fingerprint density at radius 2 is 1.71 bits per heavy atom. The summed E-state index contributed by atoms with van der Waals surface area (Å²) in [6.07, 6.45) is 2.24. The maximum atomic E-state index is 14.3. The second-order valence-corrected chi connectivity index (χ2v) is 7.11. The summed E-state index contributed by atoms with van der Waals surface area (Å²) in [6.45, 7) is 2.18. The first-order valence-corrected chi connectivity index (χ1v) is 9.05. The van der Waals surface area contributed by atoms with Gasteiger partial charge < -0.3 is 0 Å². The van der Waals surface area contributed by atoms with Crippen LogP contribution in [0.4, 0.5) is 4.39 Å². The van der Waals surface area contributed by atoms with E-state index in [0.717, 1.165) is 34.0 Å². The summed E-state index contributed by atoms with van der Waals surface area (Å²) in [5, 5.41) is 0. The van der Waals surface area contributed by atoms with Crippen LogP contribution in [-0.2, 0) is 6.42 Å². The first kappa shape index (κ1) is 14.3. The Balaban J connectivity index is 1.91. The zero-order valence-electron chi connectivity index (χ0n) is 12.0. The van der Waals surface area contributed by atoms with E-state index in [0.29, 0.717) is 0 Å². The van der Waals surface area contributed by atoms with Gasteiger partial charge in [0.25, 0.3) is 0 Å². The van der Waals surface area contributed by atoms with Crippen molar-refractivity contribution in [3.8, 4) is 21.1 Å². The molecule has 2 aromatic carbocycles. The molecule has 0 saturated carbocycles. The van der Waals surface area contributed by atoms with Crippen LogP contribution < -0.4 is 0 Å². The first-order chi connectivity index (χ1) is 10.3. The van der Waals surface area contributed by atoms with Crippen molar-refractivity contribution < 1.29 is 4.39 Å². The molecule has 0 atom stereocenters. The molecule has 0 amide bonds. The van der Waals surface area contributed by atoms with Gasteiger partial charge in [0.05, 0.1) is 0 Å². The van der Waals surface area contributed by atoms with Gasteiger partial charge in [-0.1, -0.05) is 0 Å². The fraction of sp³-hybridized carbons (Fsp3) is 0.158. The summed E-state index contributed by atoms with van der Waals surface area (Å²) in [5.41, 5.74) is 4.09. The molecule has 0 nitrogen and oxygen atoms in total. The van der Waals surface area contributed by atoms with Crippen molar-refractivity contribution >= 4 is 14.5 Å². The van der Waals surface area contributed by atoms with Crippen molar-refractivity contribution in [2.75, 3.05) is 0 Å². The minimum absolute atomic E-state index is 0.123. The molecular formula is C19H17FSe. The molecule has 0 radical (unpaired) electrons. The van der Waals surface area contributed by atoms with Gasteiger partial charge in [-0.15, -0.1) is 0 Å². The van der Waals surface area contributed by atoms with Crippen LogP contribution in [-0.4, -0.2) is 14.5 Å². The van der Waals surface area contributed by atoms with Crippen molar-refractivity contribution in [2.45, 2.75) is 19.8 Å². The second-order valence-electron chi connectivity index (χ2n) is 5.12. The molecule has 3 aromatic rings. The van der Waals surface area contributed by atoms with E-state index in [9.17, 15) is 4.39 Å². The van der Waals surface area contributed by atoms with Crippen molar-refractivity contribution in [1.29, 1.82) is 0 Å². The monoisotopic (exact) mass is 344 g/mol. The van der Waals surface area contributed by atoms with E-state index in [1.54, 1.807) is 6.07 Å². The summed E-state index contributed by atoms with van der Waals surface area (Å²) < 4.78 is 15.4. The van der Waals surface area contributed by atoms with Crippen molar-refractivity contribution in [1.82, 2.24) is 0 Å².